The van der Waals surface area contributed by atoms with Gasteiger partial charge in [0.25, 0.3) is 0 Å². The maximum atomic E-state index is 12.7. The van der Waals surface area contributed by atoms with Crippen LogP contribution < -0.4 is 0 Å². The maximum Gasteiger partial charge on any atom is 0.312 e. The molecule has 1 unspecified atom stereocenters. The first-order chi connectivity index (χ1) is 7.62. The van der Waals surface area contributed by atoms with Crippen molar-refractivity contribution in [1.29, 1.82) is 0 Å². The Morgan fingerprint density at radius 3 is 2.62 bits per heavy atom. The Morgan fingerprint density at radius 1 is 1.44 bits per heavy atom. The molecule has 2 rings (SSSR count). The highest BCUT2D eigenvalue weighted by Crippen LogP contribution is 2.33. The number of ether oxygens (including phenoxy) is 1. The van der Waals surface area contributed by atoms with Crippen LogP contribution in [0.1, 0.15) is 12.0 Å². The van der Waals surface area contributed by atoms with Crippen LogP contribution in [-0.4, -0.2) is 24.3 Å². The molecule has 1 aliphatic rings. The molecule has 0 aliphatic carbocycles. The number of rotatable bonds is 3. The van der Waals surface area contributed by atoms with Crippen molar-refractivity contribution >= 4 is 5.97 Å². The molecule has 1 N–H and O–H groups in total. The van der Waals surface area contributed by atoms with E-state index < -0.39 is 11.4 Å². The first-order valence-corrected chi connectivity index (χ1v) is 5.18. The fraction of sp³-hybridized carbons (Fsp3) is 0.417. The van der Waals surface area contributed by atoms with Crippen molar-refractivity contribution in [3.05, 3.63) is 35.6 Å². The van der Waals surface area contributed by atoms with Gasteiger partial charge in [0.1, 0.15) is 5.82 Å². The summed E-state index contributed by atoms with van der Waals surface area (Å²) in [4.78, 5) is 11.2. The summed E-state index contributed by atoms with van der Waals surface area (Å²) in [7, 11) is 0. The molecular formula is C12H13FO3. The molecule has 1 aliphatic heterocycles. The number of benzene rings is 1. The Labute approximate surface area is 92.9 Å². The molecule has 0 bridgehead atoms. The molecule has 0 radical (unpaired) electrons. The van der Waals surface area contributed by atoms with Crippen LogP contribution in [0.2, 0.25) is 0 Å². The van der Waals surface area contributed by atoms with E-state index in [2.05, 4.69) is 0 Å². The summed E-state index contributed by atoms with van der Waals surface area (Å²) in [6.07, 6.45) is 0.905. The van der Waals surface area contributed by atoms with E-state index in [9.17, 15) is 14.3 Å². The van der Waals surface area contributed by atoms with Crippen molar-refractivity contribution < 1.29 is 19.0 Å². The molecule has 1 aromatic carbocycles. The topological polar surface area (TPSA) is 46.5 Å². The third-order valence-corrected chi connectivity index (χ3v) is 3.01. The Morgan fingerprint density at radius 2 is 2.12 bits per heavy atom. The van der Waals surface area contributed by atoms with Crippen molar-refractivity contribution in [2.75, 3.05) is 13.2 Å². The Kier molecular flexibility index (Phi) is 2.92. The zero-order valence-electron chi connectivity index (χ0n) is 8.78. The van der Waals surface area contributed by atoms with Crippen LogP contribution in [-0.2, 0) is 16.0 Å². The van der Waals surface area contributed by atoms with Crippen LogP contribution in [0, 0.1) is 11.2 Å². The highest BCUT2D eigenvalue weighted by molar-refractivity contribution is 5.75. The first-order valence-electron chi connectivity index (χ1n) is 5.18. The lowest BCUT2D eigenvalue weighted by atomic mass is 9.81. The summed E-state index contributed by atoms with van der Waals surface area (Å²) in [6, 6.07) is 5.94. The van der Waals surface area contributed by atoms with E-state index >= 15 is 0 Å². The minimum absolute atomic E-state index is 0.236. The van der Waals surface area contributed by atoms with E-state index in [1.807, 2.05) is 0 Å². The van der Waals surface area contributed by atoms with Crippen molar-refractivity contribution in [3.63, 3.8) is 0 Å². The zero-order valence-corrected chi connectivity index (χ0v) is 8.78. The fourth-order valence-corrected chi connectivity index (χ4v) is 1.98. The number of halogens is 1. The quantitative estimate of drug-likeness (QED) is 0.852. The lowest BCUT2D eigenvalue weighted by Gasteiger charge is -2.21. The molecule has 1 atom stereocenters. The minimum atomic E-state index is -0.839. The summed E-state index contributed by atoms with van der Waals surface area (Å²) in [5.41, 5.74) is -0.00743. The SMILES string of the molecule is O=C(O)C1(Cc2ccc(F)cc2)CCOC1. The lowest BCUT2D eigenvalue weighted by Crippen LogP contribution is -2.33. The van der Waals surface area contributed by atoms with E-state index in [1.165, 1.54) is 12.1 Å². The van der Waals surface area contributed by atoms with E-state index in [4.69, 9.17) is 4.74 Å². The summed E-state index contributed by atoms with van der Waals surface area (Å²) in [5.74, 6) is -1.15. The van der Waals surface area contributed by atoms with Gasteiger partial charge in [0.15, 0.2) is 0 Å². The average Bonchev–Trinajstić information content (AvgIpc) is 2.71. The molecule has 4 heteroatoms. The van der Waals surface area contributed by atoms with Gasteiger partial charge in [-0.05, 0) is 30.5 Å². The minimum Gasteiger partial charge on any atom is -0.481 e. The molecule has 0 amide bonds. The van der Waals surface area contributed by atoms with Gasteiger partial charge in [0.05, 0.1) is 12.0 Å². The van der Waals surface area contributed by atoms with Gasteiger partial charge in [-0.25, -0.2) is 4.39 Å². The van der Waals surface area contributed by atoms with Crippen LogP contribution >= 0.6 is 0 Å². The molecule has 0 spiro atoms. The van der Waals surface area contributed by atoms with Crippen LogP contribution in [0.3, 0.4) is 0 Å². The van der Waals surface area contributed by atoms with E-state index in [1.54, 1.807) is 12.1 Å². The third kappa shape index (κ3) is 2.07. The van der Waals surface area contributed by atoms with Crippen molar-refractivity contribution in [1.82, 2.24) is 0 Å². The molecule has 1 saturated heterocycles. The van der Waals surface area contributed by atoms with Crippen LogP contribution in [0.4, 0.5) is 4.39 Å². The number of carbonyl (C=O) groups is 1. The fourth-order valence-electron chi connectivity index (χ4n) is 1.98. The Balaban J connectivity index is 2.18. The van der Waals surface area contributed by atoms with Gasteiger partial charge >= 0.3 is 5.97 Å². The molecule has 0 aromatic heterocycles. The molecule has 1 heterocycles. The van der Waals surface area contributed by atoms with Crippen LogP contribution in [0.15, 0.2) is 24.3 Å². The monoisotopic (exact) mass is 224 g/mol. The van der Waals surface area contributed by atoms with Crippen LogP contribution in [0.5, 0.6) is 0 Å². The second kappa shape index (κ2) is 4.22. The Hall–Kier alpha value is -1.42. The number of carboxylic acids is 1. The van der Waals surface area contributed by atoms with Gasteiger partial charge in [0, 0.05) is 6.61 Å². The van der Waals surface area contributed by atoms with Gasteiger partial charge < -0.3 is 9.84 Å². The zero-order chi connectivity index (χ0) is 11.6. The first kappa shape index (κ1) is 11.1. The molecular weight excluding hydrogens is 211 g/mol. The van der Waals surface area contributed by atoms with Crippen molar-refractivity contribution in [2.45, 2.75) is 12.8 Å². The van der Waals surface area contributed by atoms with E-state index in [0.29, 0.717) is 19.4 Å². The molecule has 0 saturated carbocycles. The normalized spacial score (nSPS) is 24.6. The average molecular weight is 224 g/mol. The molecule has 16 heavy (non-hydrogen) atoms. The second-order valence-electron chi connectivity index (χ2n) is 4.19. The van der Waals surface area contributed by atoms with E-state index in [0.717, 1.165) is 5.56 Å². The van der Waals surface area contributed by atoms with Gasteiger partial charge in [-0.3, -0.25) is 4.79 Å². The predicted octanol–water partition coefficient (Wildman–Crippen LogP) is 1.86. The second-order valence-corrected chi connectivity index (χ2v) is 4.19. The van der Waals surface area contributed by atoms with Gasteiger partial charge in [-0.1, -0.05) is 12.1 Å². The summed E-state index contributed by atoms with van der Waals surface area (Å²) < 4.78 is 17.9. The summed E-state index contributed by atoms with van der Waals surface area (Å²) >= 11 is 0. The summed E-state index contributed by atoms with van der Waals surface area (Å²) in [5, 5.41) is 9.23. The third-order valence-electron chi connectivity index (χ3n) is 3.01. The highest BCUT2D eigenvalue weighted by atomic mass is 19.1. The number of aliphatic carboxylic acids is 1. The van der Waals surface area contributed by atoms with Crippen molar-refractivity contribution in [2.24, 2.45) is 5.41 Å². The highest BCUT2D eigenvalue weighted by Gasteiger charge is 2.42. The molecule has 1 aromatic rings. The van der Waals surface area contributed by atoms with Gasteiger partial charge in [-0.15, -0.1) is 0 Å². The standard InChI is InChI=1S/C12H13FO3/c13-10-3-1-9(2-4-10)7-12(11(14)15)5-6-16-8-12/h1-4H,5-8H2,(H,14,15). The molecule has 86 valence electrons. The number of hydrogen-bond acceptors (Lipinski definition) is 2. The molecule has 1 fully saturated rings. The maximum absolute atomic E-state index is 12.7. The van der Waals surface area contributed by atoms with Crippen LogP contribution in [0.25, 0.3) is 0 Å². The summed E-state index contributed by atoms with van der Waals surface area (Å²) in [6.45, 7) is 0.715. The smallest absolute Gasteiger partial charge is 0.312 e. The van der Waals surface area contributed by atoms with E-state index in [-0.39, 0.29) is 12.4 Å². The van der Waals surface area contributed by atoms with Gasteiger partial charge in [0.2, 0.25) is 0 Å². The van der Waals surface area contributed by atoms with Crippen molar-refractivity contribution in [3.8, 4) is 0 Å². The number of hydrogen-bond donors (Lipinski definition) is 1. The lowest BCUT2D eigenvalue weighted by molar-refractivity contribution is -0.148. The molecule has 3 nitrogen and oxygen atoms in total. The predicted molar refractivity (Wildman–Crippen MR) is 55.6 cm³/mol. The Bertz CT molecular complexity index is 380. The number of carboxylic acid groups (broad SMARTS) is 1. The largest absolute Gasteiger partial charge is 0.481 e. The van der Waals surface area contributed by atoms with Gasteiger partial charge in [-0.2, -0.15) is 0 Å².